The Labute approximate surface area is 157 Å². The van der Waals surface area contributed by atoms with Crippen LogP contribution in [-0.2, 0) is 9.59 Å². The summed E-state index contributed by atoms with van der Waals surface area (Å²) in [7, 11) is 0. The highest BCUT2D eigenvalue weighted by Gasteiger charge is 2.37. The van der Waals surface area contributed by atoms with Crippen LogP contribution in [0.2, 0.25) is 0 Å². The quantitative estimate of drug-likeness (QED) is 0.616. The number of amides is 1. The Hall–Kier alpha value is -3.02. The molecule has 6 heteroatoms. The molecule has 27 heavy (non-hydrogen) atoms. The van der Waals surface area contributed by atoms with Gasteiger partial charge in [0.2, 0.25) is 5.91 Å². The van der Waals surface area contributed by atoms with E-state index in [1.54, 1.807) is 23.1 Å². The number of hydrogen-bond acceptors (Lipinski definition) is 5. The summed E-state index contributed by atoms with van der Waals surface area (Å²) in [5, 5.41) is 0. The number of aryl methyl sites for hydroxylation is 2. The van der Waals surface area contributed by atoms with Crippen LogP contribution in [0, 0.1) is 19.8 Å². The first-order chi connectivity index (χ1) is 13.0. The molecule has 1 fully saturated rings. The molecule has 2 aromatic carbocycles. The van der Waals surface area contributed by atoms with Crippen molar-refractivity contribution >= 4 is 17.6 Å². The molecular weight excluding hydrogens is 346 g/mol. The van der Waals surface area contributed by atoms with E-state index in [2.05, 4.69) is 0 Å². The lowest BCUT2D eigenvalue weighted by molar-refractivity contribution is -0.139. The van der Waals surface area contributed by atoms with Gasteiger partial charge >= 0.3 is 5.97 Å². The molecule has 1 amide bonds. The largest absolute Gasteiger partial charge is 0.486 e. The summed E-state index contributed by atoms with van der Waals surface area (Å²) in [4.78, 5) is 26.6. The number of carbonyl (C=O) groups is 2. The first-order valence-electron chi connectivity index (χ1n) is 9.00. The van der Waals surface area contributed by atoms with Gasteiger partial charge in [-0.1, -0.05) is 17.7 Å². The zero-order valence-electron chi connectivity index (χ0n) is 15.4. The molecule has 1 saturated heterocycles. The van der Waals surface area contributed by atoms with E-state index < -0.39 is 5.92 Å². The predicted molar refractivity (Wildman–Crippen MR) is 99.4 cm³/mol. The molecule has 2 aliphatic rings. The number of esters is 1. The van der Waals surface area contributed by atoms with Gasteiger partial charge in [-0.2, -0.15) is 0 Å². The Morgan fingerprint density at radius 3 is 2.63 bits per heavy atom. The second-order valence-electron chi connectivity index (χ2n) is 6.92. The maximum absolute atomic E-state index is 12.6. The molecule has 0 radical (unpaired) electrons. The van der Waals surface area contributed by atoms with Gasteiger partial charge in [0.15, 0.2) is 11.5 Å². The van der Waals surface area contributed by atoms with Crippen LogP contribution in [-0.4, -0.2) is 31.6 Å². The summed E-state index contributed by atoms with van der Waals surface area (Å²) in [5.41, 5.74) is 2.70. The fraction of sp³-hybridized carbons (Fsp3) is 0.333. The van der Waals surface area contributed by atoms with Gasteiger partial charge in [0, 0.05) is 24.7 Å². The molecule has 2 aromatic rings. The van der Waals surface area contributed by atoms with Crippen molar-refractivity contribution in [3.05, 3.63) is 47.5 Å². The normalized spacial score (nSPS) is 18.5. The highest BCUT2D eigenvalue weighted by atomic mass is 16.6. The zero-order chi connectivity index (χ0) is 19.0. The molecule has 2 heterocycles. The van der Waals surface area contributed by atoms with Crippen LogP contribution in [0.1, 0.15) is 17.5 Å². The number of anilines is 1. The topological polar surface area (TPSA) is 65.1 Å². The van der Waals surface area contributed by atoms with E-state index in [9.17, 15) is 9.59 Å². The lowest BCUT2D eigenvalue weighted by Gasteiger charge is -2.22. The monoisotopic (exact) mass is 367 g/mol. The molecule has 0 saturated carbocycles. The highest BCUT2D eigenvalue weighted by molar-refractivity contribution is 6.00. The van der Waals surface area contributed by atoms with Gasteiger partial charge in [-0.05, 0) is 37.6 Å². The molecule has 6 nitrogen and oxygen atoms in total. The van der Waals surface area contributed by atoms with Crippen LogP contribution in [0.3, 0.4) is 0 Å². The average molecular weight is 367 g/mol. The first kappa shape index (κ1) is 17.4. The smallest absolute Gasteiger partial charge is 0.316 e. The Morgan fingerprint density at radius 1 is 1.07 bits per heavy atom. The molecule has 1 atom stereocenters. The molecule has 0 spiro atoms. The van der Waals surface area contributed by atoms with E-state index in [4.69, 9.17) is 14.2 Å². The van der Waals surface area contributed by atoms with E-state index in [1.165, 1.54) is 0 Å². The number of benzene rings is 2. The minimum Gasteiger partial charge on any atom is -0.486 e. The number of fused-ring (bicyclic) bond motifs is 1. The van der Waals surface area contributed by atoms with Crippen molar-refractivity contribution in [3.8, 4) is 17.2 Å². The number of ether oxygens (including phenoxy) is 3. The van der Waals surface area contributed by atoms with Crippen LogP contribution >= 0.6 is 0 Å². The third kappa shape index (κ3) is 3.47. The lowest BCUT2D eigenvalue weighted by atomic mass is 10.1. The molecule has 0 N–H and O–H groups in total. The van der Waals surface area contributed by atoms with Crippen LogP contribution < -0.4 is 19.1 Å². The van der Waals surface area contributed by atoms with Crippen molar-refractivity contribution < 1.29 is 23.8 Å². The van der Waals surface area contributed by atoms with Crippen molar-refractivity contribution in [2.24, 2.45) is 5.92 Å². The average Bonchev–Trinajstić information content (AvgIpc) is 3.05. The van der Waals surface area contributed by atoms with E-state index in [-0.39, 0.29) is 18.3 Å². The third-order valence-corrected chi connectivity index (χ3v) is 4.84. The van der Waals surface area contributed by atoms with Crippen molar-refractivity contribution in [1.29, 1.82) is 0 Å². The van der Waals surface area contributed by atoms with Gasteiger partial charge < -0.3 is 19.1 Å². The standard InChI is InChI=1S/C21H21NO5/c1-13-3-5-17(14(2)9-13)27-21(24)15-10-20(23)22(12-15)16-4-6-18-19(11-16)26-8-7-25-18/h3-6,9,11,15H,7-8,10,12H2,1-2H3. The second kappa shape index (κ2) is 6.95. The second-order valence-corrected chi connectivity index (χ2v) is 6.92. The minimum atomic E-state index is -0.494. The van der Waals surface area contributed by atoms with Gasteiger partial charge in [0.1, 0.15) is 19.0 Å². The summed E-state index contributed by atoms with van der Waals surface area (Å²) in [5.74, 6) is 0.849. The molecule has 4 rings (SSSR count). The number of carbonyl (C=O) groups excluding carboxylic acids is 2. The molecule has 1 unspecified atom stereocenters. The number of nitrogens with zero attached hydrogens (tertiary/aromatic N) is 1. The minimum absolute atomic E-state index is 0.103. The Bertz CT molecular complexity index is 907. The van der Waals surface area contributed by atoms with Crippen LogP contribution in [0.15, 0.2) is 36.4 Å². The lowest BCUT2D eigenvalue weighted by Crippen LogP contribution is -2.27. The molecule has 2 aliphatic heterocycles. The summed E-state index contributed by atoms with van der Waals surface area (Å²) in [6.45, 7) is 5.18. The van der Waals surface area contributed by atoms with Crippen molar-refractivity contribution in [3.63, 3.8) is 0 Å². The summed E-state index contributed by atoms with van der Waals surface area (Å²) in [6.07, 6.45) is 0.137. The van der Waals surface area contributed by atoms with Gasteiger partial charge in [0.05, 0.1) is 5.92 Å². The SMILES string of the molecule is Cc1ccc(OC(=O)C2CC(=O)N(c3ccc4c(c3)OCCO4)C2)c(C)c1. The van der Waals surface area contributed by atoms with Crippen molar-refractivity contribution in [1.82, 2.24) is 0 Å². The molecule has 0 aromatic heterocycles. The molecule has 0 bridgehead atoms. The van der Waals surface area contributed by atoms with E-state index in [0.29, 0.717) is 42.7 Å². The van der Waals surface area contributed by atoms with E-state index >= 15 is 0 Å². The maximum Gasteiger partial charge on any atom is 0.316 e. The van der Waals surface area contributed by atoms with Gasteiger partial charge in [-0.25, -0.2) is 0 Å². The third-order valence-electron chi connectivity index (χ3n) is 4.84. The number of hydrogen-bond donors (Lipinski definition) is 0. The number of rotatable bonds is 3. The predicted octanol–water partition coefficient (Wildman–Crippen LogP) is 3.03. The highest BCUT2D eigenvalue weighted by Crippen LogP contribution is 2.36. The zero-order valence-corrected chi connectivity index (χ0v) is 15.4. The summed E-state index contributed by atoms with van der Waals surface area (Å²) in [6, 6.07) is 11.0. The van der Waals surface area contributed by atoms with E-state index in [0.717, 1.165) is 11.1 Å². The summed E-state index contributed by atoms with van der Waals surface area (Å²) < 4.78 is 16.6. The van der Waals surface area contributed by atoms with Gasteiger partial charge in [0.25, 0.3) is 0 Å². The van der Waals surface area contributed by atoms with Crippen LogP contribution in [0.5, 0.6) is 17.2 Å². The van der Waals surface area contributed by atoms with Crippen LogP contribution in [0.4, 0.5) is 5.69 Å². The Balaban J connectivity index is 1.48. The van der Waals surface area contributed by atoms with Crippen molar-refractivity contribution in [2.45, 2.75) is 20.3 Å². The summed E-state index contributed by atoms with van der Waals surface area (Å²) >= 11 is 0. The first-order valence-corrected chi connectivity index (χ1v) is 9.00. The van der Waals surface area contributed by atoms with Crippen LogP contribution in [0.25, 0.3) is 0 Å². The van der Waals surface area contributed by atoms with Gasteiger partial charge in [-0.3, -0.25) is 9.59 Å². The fourth-order valence-electron chi connectivity index (χ4n) is 3.42. The Kier molecular flexibility index (Phi) is 4.48. The molecule has 140 valence electrons. The maximum atomic E-state index is 12.6. The van der Waals surface area contributed by atoms with E-state index in [1.807, 2.05) is 32.0 Å². The van der Waals surface area contributed by atoms with Crippen molar-refractivity contribution in [2.75, 3.05) is 24.7 Å². The molecule has 0 aliphatic carbocycles. The fourth-order valence-corrected chi connectivity index (χ4v) is 3.42. The Morgan fingerprint density at radius 2 is 1.85 bits per heavy atom. The van der Waals surface area contributed by atoms with Gasteiger partial charge in [-0.15, -0.1) is 0 Å². The molecular formula is C21H21NO5.